The van der Waals surface area contributed by atoms with Crippen molar-refractivity contribution in [2.75, 3.05) is 24.7 Å². The molecular formula is C24H26ClNO6. The molecule has 0 unspecified atom stereocenters. The standard InChI is InChI=1S/C24H26ClNO6/c1-24(2,3)13-26-17-8-7-14(25)11-16(17)21(32-19(23(26)29)12-20(27)28)15-5-4-6-18-22(15)31-10-9-30-18/h4-8,11,19,21H,9-10,12-13H2,1-3H3,(H,27,28)/t19-,21-/m0/s1. The second kappa shape index (κ2) is 8.64. The molecule has 2 aliphatic heterocycles. The maximum absolute atomic E-state index is 13.5. The molecule has 2 aromatic carbocycles. The zero-order valence-electron chi connectivity index (χ0n) is 18.3. The predicted molar refractivity (Wildman–Crippen MR) is 120 cm³/mol. The molecule has 7 nitrogen and oxygen atoms in total. The van der Waals surface area contributed by atoms with Crippen molar-refractivity contribution in [3.8, 4) is 11.5 Å². The summed E-state index contributed by atoms with van der Waals surface area (Å²) in [7, 11) is 0. The van der Waals surface area contributed by atoms with Gasteiger partial charge in [0.25, 0.3) is 5.91 Å². The molecule has 2 atom stereocenters. The second-order valence-corrected chi connectivity index (χ2v) is 9.60. The topological polar surface area (TPSA) is 85.3 Å². The molecule has 0 saturated carbocycles. The number of nitrogens with zero attached hydrogens (tertiary/aromatic N) is 1. The Labute approximate surface area is 191 Å². The largest absolute Gasteiger partial charge is 0.486 e. The maximum atomic E-state index is 13.5. The van der Waals surface area contributed by atoms with Crippen LogP contribution in [0.5, 0.6) is 11.5 Å². The van der Waals surface area contributed by atoms with Crippen LogP contribution in [0.4, 0.5) is 5.69 Å². The quantitative estimate of drug-likeness (QED) is 0.726. The van der Waals surface area contributed by atoms with E-state index in [2.05, 4.69) is 0 Å². The Bertz CT molecular complexity index is 1050. The van der Waals surface area contributed by atoms with E-state index in [1.165, 1.54) is 0 Å². The number of ether oxygens (including phenoxy) is 3. The van der Waals surface area contributed by atoms with Gasteiger partial charge in [-0.05, 0) is 29.7 Å². The molecule has 2 heterocycles. The molecule has 170 valence electrons. The van der Waals surface area contributed by atoms with Gasteiger partial charge in [-0.15, -0.1) is 0 Å². The Morgan fingerprint density at radius 3 is 2.62 bits per heavy atom. The van der Waals surface area contributed by atoms with Gasteiger partial charge in [-0.1, -0.05) is 44.5 Å². The van der Waals surface area contributed by atoms with E-state index in [9.17, 15) is 14.7 Å². The fourth-order valence-corrected chi connectivity index (χ4v) is 4.23. The minimum atomic E-state index is -1.17. The lowest BCUT2D eigenvalue weighted by Crippen LogP contribution is -2.44. The van der Waals surface area contributed by atoms with Crippen LogP contribution in [0, 0.1) is 5.41 Å². The van der Waals surface area contributed by atoms with Crippen molar-refractivity contribution < 1.29 is 28.9 Å². The minimum Gasteiger partial charge on any atom is -0.486 e. The number of rotatable bonds is 4. The number of carbonyl (C=O) groups is 2. The number of aliphatic carboxylic acids is 1. The van der Waals surface area contributed by atoms with Gasteiger partial charge in [0.05, 0.1) is 6.42 Å². The summed E-state index contributed by atoms with van der Waals surface area (Å²) in [6.07, 6.45) is -2.39. The van der Waals surface area contributed by atoms with Gasteiger partial charge in [0.2, 0.25) is 0 Å². The molecule has 0 fully saturated rings. The Morgan fingerprint density at radius 1 is 1.16 bits per heavy atom. The first kappa shape index (κ1) is 22.4. The molecule has 0 saturated heterocycles. The molecular weight excluding hydrogens is 434 g/mol. The molecule has 4 rings (SSSR count). The maximum Gasteiger partial charge on any atom is 0.306 e. The van der Waals surface area contributed by atoms with Crippen molar-refractivity contribution in [3.63, 3.8) is 0 Å². The normalized spacial score (nSPS) is 20.5. The van der Waals surface area contributed by atoms with Crippen molar-refractivity contribution in [2.45, 2.75) is 39.4 Å². The van der Waals surface area contributed by atoms with Crippen molar-refractivity contribution >= 4 is 29.2 Å². The zero-order valence-corrected chi connectivity index (χ0v) is 19.0. The summed E-state index contributed by atoms with van der Waals surface area (Å²) in [5.74, 6) is -0.398. The van der Waals surface area contributed by atoms with Crippen molar-refractivity contribution in [2.24, 2.45) is 5.41 Å². The highest BCUT2D eigenvalue weighted by Crippen LogP contribution is 2.46. The highest BCUT2D eigenvalue weighted by Gasteiger charge is 2.40. The Kier molecular flexibility index (Phi) is 6.05. The van der Waals surface area contributed by atoms with E-state index in [4.69, 9.17) is 25.8 Å². The van der Waals surface area contributed by atoms with E-state index in [1.807, 2.05) is 32.9 Å². The average molecular weight is 460 g/mol. The van der Waals surface area contributed by atoms with Crippen LogP contribution in [0.3, 0.4) is 0 Å². The first-order valence-corrected chi connectivity index (χ1v) is 10.9. The van der Waals surface area contributed by atoms with Gasteiger partial charge in [0.1, 0.15) is 25.4 Å². The van der Waals surface area contributed by atoms with Crippen LogP contribution in [-0.4, -0.2) is 42.8 Å². The Hall–Kier alpha value is -2.77. The third kappa shape index (κ3) is 4.54. The highest BCUT2D eigenvalue weighted by molar-refractivity contribution is 6.30. The van der Waals surface area contributed by atoms with Crippen molar-refractivity contribution in [1.82, 2.24) is 0 Å². The van der Waals surface area contributed by atoms with Gasteiger partial charge < -0.3 is 24.2 Å². The summed E-state index contributed by atoms with van der Waals surface area (Å²) in [6, 6.07) is 10.7. The summed E-state index contributed by atoms with van der Waals surface area (Å²) < 4.78 is 17.9. The van der Waals surface area contributed by atoms with E-state index in [1.54, 1.807) is 29.2 Å². The first-order valence-electron chi connectivity index (χ1n) is 10.5. The summed E-state index contributed by atoms with van der Waals surface area (Å²) in [5, 5.41) is 9.97. The van der Waals surface area contributed by atoms with E-state index in [0.29, 0.717) is 53.1 Å². The summed E-state index contributed by atoms with van der Waals surface area (Å²) >= 11 is 6.35. The Morgan fingerprint density at radius 2 is 1.91 bits per heavy atom. The molecule has 0 radical (unpaired) electrons. The predicted octanol–water partition coefficient (Wildman–Crippen LogP) is 4.45. The van der Waals surface area contributed by atoms with Gasteiger partial charge >= 0.3 is 5.97 Å². The molecule has 1 N–H and O–H groups in total. The lowest BCUT2D eigenvalue weighted by atomic mass is 9.94. The van der Waals surface area contributed by atoms with Gasteiger partial charge in [0, 0.05) is 28.4 Å². The van der Waals surface area contributed by atoms with Crippen molar-refractivity contribution in [3.05, 3.63) is 52.5 Å². The van der Waals surface area contributed by atoms with Crippen LogP contribution in [0.25, 0.3) is 0 Å². The number of carboxylic acids is 1. The second-order valence-electron chi connectivity index (χ2n) is 9.16. The van der Waals surface area contributed by atoms with Crippen LogP contribution in [0.15, 0.2) is 36.4 Å². The average Bonchev–Trinajstić information content (AvgIpc) is 2.82. The molecule has 2 aliphatic rings. The van der Waals surface area contributed by atoms with Crippen LogP contribution in [-0.2, 0) is 14.3 Å². The number of carboxylic acid groups (broad SMARTS) is 1. The fraction of sp³-hybridized carbons (Fsp3) is 0.417. The molecule has 0 aliphatic carbocycles. The molecule has 8 heteroatoms. The number of benzene rings is 2. The number of hydrogen-bond donors (Lipinski definition) is 1. The number of hydrogen-bond acceptors (Lipinski definition) is 5. The van der Waals surface area contributed by atoms with Gasteiger partial charge in [0.15, 0.2) is 11.5 Å². The zero-order chi connectivity index (χ0) is 23.0. The number of fused-ring (bicyclic) bond motifs is 2. The highest BCUT2D eigenvalue weighted by atomic mass is 35.5. The monoisotopic (exact) mass is 459 g/mol. The molecule has 0 aromatic heterocycles. The SMILES string of the molecule is CC(C)(C)CN1C(=O)[C@H](CC(=O)O)O[C@@H](c2cccc3c2OCCO3)c2cc(Cl)ccc21. The molecule has 32 heavy (non-hydrogen) atoms. The summed E-state index contributed by atoms with van der Waals surface area (Å²) in [5.41, 5.74) is 1.74. The van der Waals surface area contributed by atoms with E-state index >= 15 is 0 Å². The van der Waals surface area contributed by atoms with Crippen molar-refractivity contribution in [1.29, 1.82) is 0 Å². The third-order valence-corrected chi connectivity index (χ3v) is 5.51. The van der Waals surface area contributed by atoms with Gasteiger partial charge in [-0.3, -0.25) is 9.59 Å². The number of halogens is 1. The van der Waals surface area contributed by atoms with E-state index in [0.717, 1.165) is 0 Å². The number of para-hydroxylation sites is 1. The minimum absolute atomic E-state index is 0.233. The third-order valence-electron chi connectivity index (χ3n) is 5.28. The van der Waals surface area contributed by atoms with Crippen LogP contribution in [0.2, 0.25) is 5.02 Å². The number of anilines is 1. The van der Waals surface area contributed by atoms with Crippen LogP contribution in [0.1, 0.15) is 44.4 Å². The molecule has 0 spiro atoms. The van der Waals surface area contributed by atoms with E-state index in [-0.39, 0.29) is 5.41 Å². The van der Waals surface area contributed by atoms with Crippen LogP contribution < -0.4 is 14.4 Å². The summed E-state index contributed by atoms with van der Waals surface area (Å²) in [6.45, 7) is 7.26. The number of amides is 1. The first-order chi connectivity index (χ1) is 15.1. The fourth-order valence-electron chi connectivity index (χ4n) is 4.04. The van der Waals surface area contributed by atoms with Gasteiger partial charge in [-0.25, -0.2) is 0 Å². The molecule has 2 aromatic rings. The lowest BCUT2D eigenvalue weighted by Gasteiger charge is -2.31. The molecule has 0 bridgehead atoms. The van der Waals surface area contributed by atoms with E-state index < -0.39 is 30.5 Å². The molecule has 1 amide bonds. The Balaban J connectivity index is 1.91. The van der Waals surface area contributed by atoms with Gasteiger partial charge in [-0.2, -0.15) is 0 Å². The number of carbonyl (C=O) groups excluding carboxylic acids is 1. The summed E-state index contributed by atoms with van der Waals surface area (Å²) in [4.78, 5) is 26.7. The smallest absolute Gasteiger partial charge is 0.306 e. The lowest BCUT2D eigenvalue weighted by molar-refractivity contribution is -0.147. The van der Waals surface area contributed by atoms with Crippen LogP contribution >= 0.6 is 11.6 Å².